The van der Waals surface area contributed by atoms with Crippen molar-refractivity contribution in [3.05, 3.63) is 23.4 Å². The van der Waals surface area contributed by atoms with Crippen LogP contribution >= 0.6 is 0 Å². The number of carbonyl (C=O) groups is 1. The number of amides is 1. The number of nitrogens with one attached hydrogen (secondary N) is 1. The first-order valence-corrected chi connectivity index (χ1v) is 6.93. The maximum absolute atomic E-state index is 12.7. The van der Waals surface area contributed by atoms with Crippen LogP contribution in [0.5, 0.6) is 0 Å². The third-order valence-electron chi connectivity index (χ3n) is 3.55. The number of aromatic nitrogens is 1. The van der Waals surface area contributed by atoms with Gasteiger partial charge in [0.15, 0.2) is 0 Å². The number of hydrogen-bond donors (Lipinski definition) is 2. The molecule has 20 heavy (non-hydrogen) atoms. The molecular formula is C14H22N4O2. The number of pyridine rings is 1. The molecule has 2 rings (SSSR count). The highest BCUT2D eigenvalue weighted by atomic mass is 16.5. The van der Waals surface area contributed by atoms with E-state index in [4.69, 9.17) is 10.6 Å². The molecule has 6 heteroatoms. The SMILES string of the molecule is CCC1COC(C)CN1C(=O)c1cc(C)nc(NN)c1. The van der Waals surface area contributed by atoms with Crippen molar-refractivity contribution in [3.63, 3.8) is 0 Å². The lowest BCUT2D eigenvalue weighted by atomic mass is 10.1. The molecule has 1 aromatic heterocycles. The maximum atomic E-state index is 12.7. The van der Waals surface area contributed by atoms with Gasteiger partial charge in [0.2, 0.25) is 0 Å². The van der Waals surface area contributed by atoms with Gasteiger partial charge in [-0.3, -0.25) is 4.79 Å². The van der Waals surface area contributed by atoms with Crippen LogP contribution in [0, 0.1) is 6.92 Å². The molecule has 2 unspecified atom stereocenters. The monoisotopic (exact) mass is 278 g/mol. The zero-order valence-electron chi connectivity index (χ0n) is 12.2. The predicted molar refractivity (Wildman–Crippen MR) is 77.3 cm³/mol. The van der Waals surface area contributed by atoms with Gasteiger partial charge < -0.3 is 15.1 Å². The highest BCUT2D eigenvalue weighted by Crippen LogP contribution is 2.19. The summed E-state index contributed by atoms with van der Waals surface area (Å²) in [5.74, 6) is 5.90. The molecule has 2 heterocycles. The van der Waals surface area contributed by atoms with E-state index in [-0.39, 0.29) is 18.1 Å². The number of aryl methyl sites for hydroxylation is 1. The standard InChI is InChI=1S/C14H22N4O2/c1-4-12-8-20-10(3)7-18(12)14(19)11-5-9(2)16-13(6-11)17-15/h5-6,10,12H,4,7-8,15H2,1-3H3,(H,16,17). The first kappa shape index (κ1) is 14.7. The molecule has 110 valence electrons. The fourth-order valence-electron chi connectivity index (χ4n) is 2.46. The van der Waals surface area contributed by atoms with E-state index in [1.165, 1.54) is 0 Å². The van der Waals surface area contributed by atoms with Crippen molar-refractivity contribution < 1.29 is 9.53 Å². The van der Waals surface area contributed by atoms with Gasteiger partial charge in [0.1, 0.15) is 5.82 Å². The molecule has 1 amide bonds. The van der Waals surface area contributed by atoms with Crippen molar-refractivity contribution in [2.45, 2.75) is 39.3 Å². The van der Waals surface area contributed by atoms with Crippen LogP contribution in [0.2, 0.25) is 0 Å². The van der Waals surface area contributed by atoms with E-state index in [2.05, 4.69) is 17.3 Å². The summed E-state index contributed by atoms with van der Waals surface area (Å²) in [7, 11) is 0. The van der Waals surface area contributed by atoms with E-state index >= 15 is 0 Å². The van der Waals surface area contributed by atoms with Crippen LogP contribution in [0.15, 0.2) is 12.1 Å². The Labute approximate surface area is 119 Å². The summed E-state index contributed by atoms with van der Waals surface area (Å²) in [6, 6.07) is 3.60. The molecule has 0 aromatic carbocycles. The molecule has 1 aromatic rings. The van der Waals surface area contributed by atoms with Crippen molar-refractivity contribution in [3.8, 4) is 0 Å². The van der Waals surface area contributed by atoms with Crippen molar-refractivity contribution in [2.24, 2.45) is 5.84 Å². The molecule has 1 aliphatic rings. The highest BCUT2D eigenvalue weighted by Gasteiger charge is 2.30. The zero-order valence-corrected chi connectivity index (χ0v) is 12.2. The van der Waals surface area contributed by atoms with Crippen LogP contribution in [-0.4, -0.2) is 41.1 Å². The van der Waals surface area contributed by atoms with Gasteiger partial charge in [-0.1, -0.05) is 6.92 Å². The smallest absolute Gasteiger partial charge is 0.254 e. The highest BCUT2D eigenvalue weighted by molar-refractivity contribution is 5.95. The van der Waals surface area contributed by atoms with Gasteiger partial charge >= 0.3 is 0 Å². The van der Waals surface area contributed by atoms with Crippen molar-refractivity contribution in [1.82, 2.24) is 9.88 Å². The van der Waals surface area contributed by atoms with Gasteiger partial charge in [0, 0.05) is 17.8 Å². The molecule has 1 saturated heterocycles. The quantitative estimate of drug-likeness (QED) is 0.644. The van der Waals surface area contributed by atoms with E-state index < -0.39 is 0 Å². The molecule has 0 radical (unpaired) electrons. The third-order valence-corrected chi connectivity index (χ3v) is 3.55. The molecule has 3 N–H and O–H groups in total. The van der Waals surface area contributed by atoms with Crippen LogP contribution < -0.4 is 11.3 Å². The number of ether oxygens (including phenoxy) is 1. The minimum Gasteiger partial charge on any atom is -0.375 e. The molecule has 0 aliphatic carbocycles. The Morgan fingerprint density at radius 1 is 1.60 bits per heavy atom. The molecule has 0 saturated carbocycles. The summed E-state index contributed by atoms with van der Waals surface area (Å²) in [5, 5.41) is 0. The Morgan fingerprint density at radius 3 is 3.00 bits per heavy atom. The topological polar surface area (TPSA) is 80.5 Å². The number of anilines is 1. The zero-order chi connectivity index (χ0) is 14.7. The Hall–Kier alpha value is -1.66. The number of nitrogen functional groups attached to an aromatic ring is 1. The van der Waals surface area contributed by atoms with Crippen LogP contribution in [0.1, 0.15) is 36.3 Å². The Kier molecular flexibility index (Phi) is 4.57. The minimum absolute atomic E-state index is 0.00833. The largest absolute Gasteiger partial charge is 0.375 e. The van der Waals surface area contributed by atoms with E-state index in [1.54, 1.807) is 12.1 Å². The van der Waals surface area contributed by atoms with Crippen molar-refractivity contribution in [2.75, 3.05) is 18.6 Å². The van der Waals surface area contributed by atoms with Crippen molar-refractivity contribution >= 4 is 11.7 Å². The minimum atomic E-state index is 0.00833. The summed E-state index contributed by atoms with van der Waals surface area (Å²) >= 11 is 0. The molecule has 0 bridgehead atoms. The lowest BCUT2D eigenvalue weighted by Crippen LogP contribution is -2.51. The Morgan fingerprint density at radius 2 is 2.35 bits per heavy atom. The summed E-state index contributed by atoms with van der Waals surface area (Å²) < 4.78 is 5.63. The second kappa shape index (κ2) is 6.19. The number of hydrazine groups is 1. The first-order chi connectivity index (χ1) is 9.55. The average Bonchev–Trinajstić information content (AvgIpc) is 2.45. The van der Waals surface area contributed by atoms with Gasteiger partial charge in [-0.15, -0.1) is 0 Å². The van der Waals surface area contributed by atoms with E-state index in [0.717, 1.165) is 12.1 Å². The number of hydrogen-bond acceptors (Lipinski definition) is 5. The van der Waals surface area contributed by atoms with Gasteiger partial charge in [-0.2, -0.15) is 0 Å². The average molecular weight is 278 g/mol. The summed E-state index contributed by atoms with van der Waals surface area (Å²) in [5.41, 5.74) is 3.86. The molecule has 0 spiro atoms. The molecule has 6 nitrogen and oxygen atoms in total. The fourth-order valence-corrected chi connectivity index (χ4v) is 2.46. The lowest BCUT2D eigenvalue weighted by molar-refractivity contribution is -0.0444. The van der Waals surface area contributed by atoms with Crippen LogP contribution in [-0.2, 0) is 4.74 Å². The number of nitrogens with zero attached hydrogens (tertiary/aromatic N) is 2. The van der Waals surface area contributed by atoms with Gasteiger partial charge in [0.25, 0.3) is 5.91 Å². The van der Waals surface area contributed by atoms with Crippen LogP contribution in [0.25, 0.3) is 0 Å². The predicted octanol–water partition coefficient (Wildman–Crippen LogP) is 1.32. The van der Waals surface area contributed by atoms with E-state index in [0.29, 0.717) is 24.5 Å². The maximum Gasteiger partial charge on any atom is 0.254 e. The molecular weight excluding hydrogens is 256 g/mol. The number of carbonyl (C=O) groups excluding carboxylic acids is 1. The van der Waals surface area contributed by atoms with Gasteiger partial charge in [-0.05, 0) is 32.4 Å². The molecule has 2 atom stereocenters. The number of nitrogens with two attached hydrogens (primary N) is 1. The normalized spacial score (nSPS) is 22.7. The summed E-state index contributed by atoms with van der Waals surface area (Å²) in [4.78, 5) is 18.8. The Bertz CT molecular complexity index is 492. The van der Waals surface area contributed by atoms with Crippen LogP contribution in [0.4, 0.5) is 5.82 Å². The lowest BCUT2D eigenvalue weighted by Gasteiger charge is -2.38. The second-order valence-electron chi connectivity index (χ2n) is 5.19. The van der Waals surface area contributed by atoms with E-state index in [9.17, 15) is 4.79 Å². The van der Waals surface area contributed by atoms with Crippen molar-refractivity contribution in [1.29, 1.82) is 0 Å². The summed E-state index contributed by atoms with van der Waals surface area (Å²) in [6.07, 6.45) is 0.946. The number of morpholine rings is 1. The van der Waals surface area contributed by atoms with Crippen LogP contribution in [0.3, 0.4) is 0 Å². The van der Waals surface area contributed by atoms with Gasteiger partial charge in [-0.25, -0.2) is 10.8 Å². The fraction of sp³-hybridized carbons (Fsp3) is 0.571. The molecule has 1 fully saturated rings. The van der Waals surface area contributed by atoms with Gasteiger partial charge in [0.05, 0.1) is 18.8 Å². The first-order valence-electron chi connectivity index (χ1n) is 6.93. The summed E-state index contributed by atoms with van der Waals surface area (Å²) in [6.45, 7) is 7.10. The third kappa shape index (κ3) is 3.08. The molecule has 1 aliphatic heterocycles. The van der Waals surface area contributed by atoms with E-state index in [1.807, 2.05) is 18.7 Å². The number of rotatable bonds is 3. The Balaban J connectivity index is 2.26. The second-order valence-corrected chi connectivity index (χ2v) is 5.19.